The quantitative estimate of drug-likeness (QED) is 0.922. The summed E-state index contributed by atoms with van der Waals surface area (Å²) in [7, 11) is -0.162. The Labute approximate surface area is 119 Å². The van der Waals surface area contributed by atoms with Crippen LogP contribution in [0.5, 0.6) is 11.5 Å². The molecule has 0 heterocycles. The Morgan fingerprint density at radius 1 is 1.15 bits per heavy atom. The number of rotatable bonds is 4. The summed E-state index contributed by atoms with van der Waals surface area (Å²) in [5.41, 5.74) is 1.67. The maximum atomic E-state index is 11.6. The van der Waals surface area contributed by atoms with Crippen LogP contribution in [-0.4, -0.2) is 28.9 Å². The van der Waals surface area contributed by atoms with Gasteiger partial charge in [0.15, 0.2) is 0 Å². The van der Waals surface area contributed by atoms with Gasteiger partial charge >= 0.3 is 0 Å². The zero-order valence-corrected chi connectivity index (χ0v) is 12.8. The van der Waals surface area contributed by atoms with E-state index in [4.69, 9.17) is 9.47 Å². The van der Waals surface area contributed by atoms with E-state index in [0.29, 0.717) is 11.5 Å². The molecule has 0 spiro atoms. The predicted molar refractivity (Wildman–Crippen MR) is 78.5 cm³/mol. The van der Waals surface area contributed by atoms with Crippen molar-refractivity contribution in [2.75, 3.05) is 20.5 Å². The van der Waals surface area contributed by atoms with Gasteiger partial charge in [-0.2, -0.15) is 0 Å². The lowest BCUT2D eigenvalue weighted by molar-refractivity contribution is 0.383. The van der Waals surface area contributed by atoms with Crippen molar-refractivity contribution < 1.29 is 17.9 Å². The molecule has 0 amide bonds. The van der Waals surface area contributed by atoms with Crippen LogP contribution in [0, 0.1) is 5.92 Å². The number of hydrogen-bond donors (Lipinski definition) is 1. The molecule has 1 aliphatic carbocycles. The first-order valence-corrected chi connectivity index (χ1v) is 8.17. The standard InChI is InChI=1S/C14H19NO4S/c1-9-5-6-10-11(18-2)7-8-12(19-3)13(10)14(9)15-20(4,16)17/h5-9,14-15H,1-4H3/t9-,14-/m0/s1. The number of sulfonamides is 1. The molecule has 6 heteroatoms. The largest absolute Gasteiger partial charge is 0.496 e. The first-order valence-electron chi connectivity index (χ1n) is 6.27. The normalized spacial score (nSPS) is 21.4. The average Bonchev–Trinajstić information content (AvgIpc) is 2.39. The van der Waals surface area contributed by atoms with Gasteiger partial charge in [0.1, 0.15) is 11.5 Å². The summed E-state index contributed by atoms with van der Waals surface area (Å²) >= 11 is 0. The fourth-order valence-electron chi connectivity index (χ4n) is 2.46. The van der Waals surface area contributed by atoms with Crippen LogP contribution >= 0.6 is 0 Å². The molecule has 1 aromatic carbocycles. The molecular formula is C14H19NO4S. The smallest absolute Gasteiger partial charge is 0.209 e. The number of ether oxygens (including phenoxy) is 2. The van der Waals surface area contributed by atoms with E-state index in [9.17, 15) is 8.42 Å². The van der Waals surface area contributed by atoms with Gasteiger partial charge in [0.05, 0.1) is 26.5 Å². The minimum atomic E-state index is -3.32. The SMILES string of the molecule is COc1ccc(OC)c2c1C=C[C@H](C)[C@@H]2NS(C)(=O)=O. The fourth-order valence-corrected chi connectivity index (χ4v) is 3.26. The Balaban J connectivity index is 2.62. The van der Waals surface area contributed by atoms with E-state index >= 15 is 0 Å². The van der Waals surface area contributed by atoms with Gasteiger partial charge in [0, 0.05) is 11.1 Å². The maximum Gasteiger partial charge on any atom is 0.209 e. The highest BCUT2D eigenvalue weighted by atomic mass is 32.2. The van der Waals surface area contributed by atoms with Crippen LogP contribution in [0.3, 0.4) is 0 Å². The topological polar surface area (TPSA) is 64.6 Å². The van der Waals surface area contributed by atoms with Gasteiger partial charge in [0.25, 0.3) is 0 Å². The minimum absolute atomic E-state index is 0.0261. The van der Waals surface area contributed by atoms with Crippen molar-refractivity contribution in [1.29, 1.82) is 0 Å². The van der Waals surface area contributed by atoms with E-state index < -0.39 is 10.0 Å². The summed E-state index contributed by atoms with van der Waals surface area (Å²) in [5.74, 6) is 1.38. The summed E-state index contributed by atoms with van der Waals surface area (Å²) in [5, 5.41) is 0. The third-order valence-corrected chi connectivity index (χ3v) is 4.07. The van der Waals surface area contributed by atoms with Crippen LogP contribution in [0.4, 0.5) is 0 Å². The monoisotopic (exact) mass is 297 g/mol. The van der Waals surface area contributed by atoms with E-state index in [1.165, 1.54) is 0 Å². The van der Waals surface area contributed by atoms with Crippen LogP contribution in [0.1, 0.15) is 24.1 Å². The van der Waals surface area contributed by atoms with E-state index in [1.54, 1.807) is 20.3 Å². The third kappa shape index (κ3) is 2.81. The van der Waals surface area contributed by atoms with E-state index in [0.717, 1.165) is 17.4 Å². The molecule has 0 aromatic heterocycles. The van der Waals surface area contributed by atoms with Gasteiger partial charge < -0.3 is 9.47 Å². The highest BCUT2D eigenvalue weighted by Crippen LogP contribution is 2.42. The van der Waals surface area contributed by atoms with Gasteiger partial charge in [-0.05, 0) is 18.1 Å². The fraction of sp³-hybridized carbons (Fsp3) is 0.429. The summed E-state index contributed by atoms with van der Waals surface area (Å²) < 4.78 is 36.6. The van der Waals surface area contributed by atoms with E-state index in [1.807, 2.05) is 25.1 Å². The Bertz CT molecular complexity index is 637. The maximum absolute atomic E-state index is 11.6. The Hall–Kier alpha value is -1.53. The molecule has 5 nitrogen and oxygen atoms in total. The van der Waals surface area contributed by atoms with Crippen molar-refractivity contribution in [3.63, 3.8) is 0 Å². The Kier molecular flexibility index (Phi) is 4.06. The molecule has 0 unspecified atom stereocenters. The number of fused-ring (bicyclic) bond motifs is 1. The summed E-state index contributed by atoms with van der Waals surface area (Å²) in [6.45, 7) is 1.96. The first kappa shape index (κ1) is 14.9. The molecule has 0 saturated heterocycles. The van der Waals surface area contributed by atoms with Gasteiger partial charge in [-0.15, -0.1) is 0 Å². The van der Waals surface area contributed by atoms with Crippen LogP contribution in [0.2, 0.25) is 0 Å². The van der Waals surface area contributed by atoms with Crippen LogP contribution in [0.15, 0.2) is 18.2 Å². The van der Waals surface area contributed by atoms with E-state index in [-0.39, 0.29) is 12.0 Å². The van der Waals surface area contributed by atoms with Gasteiger partial charge in [-0.1, -0.05) is 19.1 Å². The molecule has 1 N–H and O–H groups in total. The predicted octanol–water partition coefficient (Wildman–Crippen LogP) is 1.96. The van der Waals surface area contributed by atoms with Crippen molar-refractivity contribution in [2.45, 2.75) is 13.0 Å². The van der Waals surface area contributed by atoms with Crippen molar-refractivity contribution in [3.8, 4) is 11.5 Å². The lowest BCUT2D eigenvalue weighted by Gasteiger charge is -2.30. The highest BCUT2D eigenvalue weighted by molar-refractivity contribution is 7.88. The minimum Gasteiger partial charge on any atom is -0.496 e. The second-order valence-electron chi connectivity index (χ2n) is 4.88. The van der Waals surface area contributed by atoms with Gasteiger partial charge in [-0.3, -0.25) is 0 Å². The molecule has 1 aliphatic rings. The third-order valence-electron chi connectivity index (χ3n) is 3.39. The highest BCUT2D eigenvalue weighted by Gasteiger charge is 2.30. The van der Waals surface area contributed by atoms with Crippen molar-refractivity contribution >= 4 is 16.1 Å². The molecule has 0 radical (unpaired) electrons. The molecule has 0 saturated carbocycles. The zero-order valence-electron chi connectivity index (χ0n) is 12.0. The molecular weight excluding hydrogens is 278 g/mol. The molecule has 1 aromatic rings. The molecule has 2 rings (SSSR count). The number of benzene rings is 1. The van der Waals surface area contributed by atoms with Gasteiger partial charge in [-0.25, -0.2) is 13.1 Å². The molecule has 110 valence electrons. The lowest BCUT2D eigenvalue weighted by atomic mass is 9.85. The Morgan fingerprint density at radius 2 is 1.75 bits per heavy atom. The summed E-state index contributed by atoms with van der Waals surface area (Å²) in [6.07, 6.45) is 5.07. The number of hydrogen-bond acceptors (Lipinski definition) is 4. The van der Waals surface area contributed by atoms with Crippen LogP contribution in [0.25, 0.3) is 6.08 Å². The lowest BCUT2D eigenvalue weighted by Crippen LogP contribution is -2.33. The van der Waals surface area contributed by atoms with Crippen molar-refractivity contribution in [1.82, 2.24) is 4.72 Å². The van der Waals surface area contributed by atoms with Crippen LogP contribution < -0.4 is 14.2 Å². The summed E-state index contributed by atoms with van der Waals surface area (Å²) in [4.78, 5) is 0. The first-order chi connectivity index (χ1) is 9.37. The molecule has 20 heavy (non-hydrogen) atoms. The van der Waals surface area contributed by atoms with Gasteiger partial charge in [0.2, 0.25) is 10.0 Å². The second-order valence-corrected chi connectivity index (χ2v) is 6.66. The molecule has 0 fully saturated rings. The zero-order chi connectivity index (χ0) is 14.9. The second kappa shape index (κ2) is 5.46. The average molecular weight is 297 g/mol. The van der Waals surface area contributed by atoms with Crippen LogP contribution in [-0.2, 0) is 10.0 Å². The van der Waals surface area contributed by atoms with Crippen molar-refractivity contribution in [3.05, 3.63) is 29.3 Å². The van der Waals surface area contributed by atoms with Crippen molar-refractivity contribution in [2.24, 2.45) is 5.92 Å². The summed E-state index contributed by atoms with van der Waals surface area (Å²) in [6, 6.07) is 3.24. The molecule has 2 atom stereocenters. The molecule has 0 bridgehead atoms. The van der Waals surface area contributed by atoms with E-state index in [2.05, 4.69) is 4.72 Å². The Morgan fingerprint density at radius 3 is 2.30 bits per heavy atom. The number of methoxy groups -OCH3 is 2. The molecule has 0 aliphatic heterocycles. The number of nitrogens with one attached hydrogen (secondary N) is 1.